The maximum Gasteiger partial charge on any atom is 1.00 e. The average molecular weight is 960 g/mol. The Morgan fingerprint density at radius 1 is 0.219 bits per heavy atom. The van der Waals surface area contributed by atoms with Crippen molar-refractivity contribution in [2.45, 2.75) is 61.7 Å². The summed E-state index contributed by atoms with van der Waals surface area (Å²) in [6.45, 7) is -3.73. The van der Waals surface area contributed by atoms with Crippen LogP contribution in [0.25, 0.3) is 0 Å². The number of hydrogen-bond acceptors (Lipinski definition) is 10. The van der Waals surface area contributed by atoms with Gasteiger partial charge in [-0.15, -0.1) is 12.4 Å². The first kappa shape index (κ1) is 40.4. The molecule has 15 aliphatic rings. The molecule has 0 aliphatic carbocycles. The fraction of sp³-hybridized carbons (Fsp3) is 0.667. The van der Waals surface area contributed by atoms with E-state index in [0.29, 0.717) is 0 Å². The van der Waals surface area contributed by atoms with Gasteiger partial charge in [0.2, 0.25) is 0 Å². The van der Waals surface area contributed by atoms with Crippen LogP contribution in [0.3, 0.4) is 0 Å². The molecule has 0 aromatic rings. The first-order valence-electron chi connectivity index (χ1n) is 19.7. The van der Waals surface area contributed by atoms with Crippen LogP contribution in [-0.2, 0) is 0 Å². The molecule has 0 bridgehead atoms. The Balaban J connectivity index is 0.00000108. The van der Waals surface area contributed by atoms with E-state index >= 15 is 0 Å². The average Bonchev–Trinajstić information content (AvgIpc) is 4.06. The number of carbonyl (C=O) groups is 10. The van der Waals surface area contributed by atoms with Gasteiger partial charge >= 0.3 is 112 Å². The quantitative estimate of drug-likeness (QED) is 0.207. The standard InChI is InChI=1S/C30H30N20O10.2ClH.K.H2O/c51-21-31-1-32-12-14-36(22(32)52)4-40-16-18-44(26(40)56)8-48-20-19-47(29(48)59)7-43-17-15-39(25(43)55)3-35(21)13-11(31)33-2-34(12)24(54)38(14)6-42(16)28(58)46(18)10-50(20)30(60)49(19)9-45(17)27(57)41(15)5-37(13)23(33)53;;;;/h11-20H,1-10H2;2*1H;;1H2/q;;;+1;/p-1. The first-order valence-corrected chi connectivity index (χ1v) is 19.7. The van der Waals surface area contributed by atoms with Crippen molar-refractivity contribution < 1.29 is 117 Å². The molecule has 0 aromatic heterocycles. The second-order valence-electron chi connectivity index (χ2n) is 17.8. The largest absolute Gasteiger partial charge is 1.00 e. The maximum absolute atomic E-state index is 14.8. The van der Waals surface area contributed by atoms with Crippen molar-refractivity contribution in [2.75, 3.05) is 66.7 Å². The molecule has 15 saturated heterocycles. The van der Waals surface area contributed by atoms with Crippen molar-refractivity contribution in [3.8, 4) is 0 Å². The van der Waals surface area contributed by atoms with Crippen LogP contribution in [-0.4, -0.2) is 292 Å². The Labute approximate surface area is 413 Å². The Bertz CT molecular complexity index is 1760. The Morgan fingerprint density at radius 3 is 0.344 bits per heavy atom. The van der Waals surface area contributed by atoms with Gasteiger partial charge in [0.25, 0.3) is 0 Å². The van der Waals surface area contributed by atoms with Gasteiger partial charge in [-0.05, 0) is 0 Å². The van der Waals surface area contributed by atoms with Crippen molar-refractivity contribution in [2.24, 2.45) is 0 Å². The minimum Gasteiger partial charge on any atom is -1.00 e. The molecule has 15 fully saturated rings. The topological polar surface area (TPSA) is 267 Å². The van der Waals surface area contributed by atoms with Crippen LogP contribution in [0, 0.1) is 0 Å². The van der Waals surface area contributed by atoms with Crippen LogP contribution in [0.15, 0.2) is 0 Å². The molecular formula is C30H33Cl2KN20O11. The van der Waals surface area contributed by atoms with E-state index < -0.39 is 122 Å². The summed E-state index contributed by atoms with van der Waals surface area (Å²) in [5.41, 5.74) is 0. The predicted molar refractivity (Wildman–Crippen MR) is 188 cm³/mol. The molecule has 31 nitrogen and oxygen atoms in total. The number of carbonyl (C=O) groups excluding carboxylic acids is 10. The van der Waals surface area contributed by atoms with Gasteiger partial charge in [0, 0.05) is 0 Å². The van der Waals surface area contributed by atoms with Gasteiger partial charge in [0.1, 0.15) is 66.7 Å². The fourth-order valence-corrected chi connectivity index (χ4v) is 13.3. The van der Waals surface area contributed by atoms with E-state index in [0.717, 1.165) is 0 Å². The number of nitrogens with zero attached hydrogens (tertiary/aromatic N) is 20. The third kappa shape index (κ3) is 3.85. The summed E-state index contributed by atoms with van der Waals surface area (Å²) in [5, 5.41) is 0. The zero-order valence-corrected chi connectivity index (χ0v) is 37.9. The third-order valence-corrected chi connectivity index (χ3v) is 15.7. The second kappa shape index (κ2) is 12.0. The van der Waals surface area contributed by atoms with E-state index in [4.69, 9.17) is 0 Å². The molecule has 0 spiro atoms. The van der Waals surface area contributed by atoms with E-state index in [9.17, 15) is 47.9 Å². The smallest absolute Gasteiger partial charge is 1.00 e. The summed E-state index contributed by atoms with van der Waals surface area (Å²) in [5.74, 6) is 0. The third-order valence-electron chi connectivity index (χ3n) is 15.7. The molecule has 0 radical (unpaired) electrons. The van der Waals surface area contributed by atoms with E-state index in [2.05, 4.69) is 0 Å². The van der Waals surface area contributed by atoms with Gasteiger partial charge in [-0.3, -0.25) is 98.0 Å². The van der Waals surface area contributed by atoms with Gasteiger partial charge in [0.15, 0.2) is 61.7 Å². The van der Waals surface area contributed by atoms with E-state index in [1.54, 1.807) is 0 Å². The predicted octanol–water partition coefficient (Wildman–Crippen LogP) is -11.1. The van der Waals surface area contributed by atoms with Crippen LogP contribution in [0.4, 0.5) is 47.9 Å². The van der Waals surface area contributed by atoms with Crippen LogP contribution in [0.5, 0.6) is 0 Å². The number of amides is 20. The number of hydrogen-bond donors (Lipinski definition) is 0. The van der Waals surface area contributed by atoms with Crippen molar-refractivity contribution in [1.82, 2.24) is 98.0 Å². The molecular weight excluding hydrogens is 926 g/mol. The molecule has 15 rings (SSSR count). The molecule has 0 unspecified atom stereocenters. The Morgan fingerprint density at radius 2 is 0.281 bits per heavy atom. The van der Waals surface area contributed by atoms with Crippen LogP contribution >= 0.6 is 12.4 Å². The normalized spacial score (nSPS) is 37.8. The molecule has 334 valence electrons. The van der Waals surface area contributed by atoms with Crippen molar-refractivity contribution in [3.63, 3.8) is 0 Å². The molecule has 15 aliphatic heterocycles. The summed E-state index contributed by atoms with van der Waals surface area (Å²) in [6, 6.07) is -6.05. The first-order chi connectivity index (χ1) is 28.9. The minimum atomic E-state index is -1.08. The molecule has 0 saturated carbocycles. The summed E-state index contributed by atoms with van der Waals surface area (Å²) in [6.07, 6.45) is -10.8. The van der Waals surface area contributed by atoms with Gasteiger partial charge in [-0.25, -0.2) is 47.9 Å². The van der Waals surface area contributed by atoms with Gasteiger partial charge in [0.05, 0.1) is 0 Å². The molecule has 0 atom stereocenters. The zero-order valence-electron chi connectivity index (χ0n) is 33.2. The zero-order chi connectivity index (χ0) is 40.2. The van der Waals surface area contributed by atoms with Crippen molar-refractivity contribution in [3.05, 3.63) is 0 Å². The minimum absolute atomic E-state index is 0. The van der Waals surface area contributed by atoms with Crippen LogP contribution in [0.2, 0.25) is 0 Å². The number of halogens is 2. The van der Waals surface area contributed by atoms with Gasteiger partial charge in [-0.2, -0.15) is 0 Å². The van der Waals surface area contributed by atoms with E-state index in [-0.39, 0.29) is 148 Å². The van der Waals surface area contributed by atoms with Gasteiger partial charge in [-0.1, -0.05) is 0 Å². The summed E-state index contributed by atoms with van der Waals surface area (Å²) in [7, 11) is 0. The Hall–Kier alpha value is -5.12. The summed E-state index contributed by atoms with van der Waals surface area (Å²) in [4.78, 5) is 176. The molecule has 20 amide bonds. The molecule has 0 aromatic carbocycles. The molecule has 34 heteroatoms. The van der Waals surface area contributed by atoms with E-state index in [1.807, 2.05) is 0 Å². The molecule has 15 heterocycles. The molecule has 2 N–H and O–H groups in total. The van der Waals surface area contributed by atoms with Crippen molar-refractivity contribution >= 4 is 72.7 Å². The Kier molecular flexibility index (Phi) is 7.58. The van der Waals surface area contributed by atoms with Crippen LogP contribution in [0.1, 0.15) is 0 Å². The van der Waals surface area contributed by atoms with Crippen molar-refractivity contribution in [1.29, 1.82) is 0 Å². The van der Waals surface area contributed by atoms with Gasteiger partial charge < -0.3 is 17.9 Å². The molecule has 64 heavy (non-hydrogen) atoms. The van der Waals surface area contributed by atoms with E-state index in [1.165, 1.54) is 98.0 Å². The number of rotatable bonds is 0. The number of urea groups is 10. The maximum atomic E-state index is 14.8. The second-order valence-corrected chi connectivity index (χ2v) is 17.8. The van der Waals surface area contributed by atoms with Crippen LogP contribution < -0.4 is 63.8 Å². The fourth-order valence-electron chi connectivity index (χ4n) is 13.3. The SMILES string of the molecule is Cl.O.O=C1N2CN3C(=O)N4CN5C(=O)N6CN7C(=O)N8CN9C(=O)N%10CN1C1C2N2CN%11C(=O)N(CN%12C(=O)N(CN%13C(=O)N(CN%14C(=O)N(CN1C2=O)C%10C9%14)C8C7%13)C6C5%12)C4C3%11.[Cl-].[K+]. The summed E-state index contributed by atoms with van der Waals surface area (Å²) < 4.78 is 0. The summed E-state index contributed by atoms with van der Waals surface area (Å²) >= 11 is 0. The monoisotopic (exact) mass is 958 g/mol.